The normalized spacial score (nSPS) is 21.1. The van der Waals surface area contributed by atoms with Crippen molar-refractivity contribution in [1.82, 2.24) is 16.4 Å². The Balaban J connectivity index is 1.80. The van der Waals surface area contributed by atoms with E-state index in [1.54, 1.807) is 11.8 Å². The molecule has 2 aromatic carbocycles. The zero-order chi connectivity index (χ0) is 14.7. The van der Waals surface area contributed by atoms with Crippen molar-refractivity contribution in [3.8, 4) is 6.07 Å². The average Bonchev–Trinajstić information content (AvgIpc) is 2.98. The van der Waals surface area contributed by atoms with Crippen LogP contribution in [0, 0.1) is 11.3 Å². The van der Waals surface area contributed by atoms with Gasteiger partial charge in [-0.1, -0.05) is 35.5 Å². The maximum absolute atomic E-state index is 9.12. The van der Waals surface area contributed by atoms with E-state index in [2.05, 4.69) is 34.6 Å². The number of rotatable bonds is 3. The smallest absolute Gasteiger partial charge is 0.130 e. The van der Waals surface area contributed by atoms with Crippen LogP contribution in [0.4, 0.5) is 0 Å². The largest absolute Gasteiger partial charge is 0.234 e. The van der Waals surface area contributed by atoms with Crippen molar-refractivity contribution in [2.24, 2.45) is 0 Å². The van der Waals surface area contributed by atoms with Gasteiger partial charge in [0.05, 0.1) is 12.1 Å². The Morgan fingerprint density at radius 3 is 2.62 bits per heavy atom. The Morgan fingerprint density at radius 2 is 1.86 bits per heavy atom. The first-order chi connectivity index (χ1) is 10.3. The Labute approximate surface area is 132 Å². The number of nitrogens with zero attached hydrogens (tertiary/aromatic N) is 1. The Bertz CT molecular complexity index is 668. The minimum absolute atomic E-state index is 0.0687. The highest BCUT2D eigenvalue weighted by molar-refractivity contribution is 7.99. The molecule has 21 heavy (non-hydrogen) atoms. The molecule has 0 amide bonds. The highest BCUT2D eigenvalue weighted by Gasteiger charge is 2.27. The second kappa shape index (κ2) is 6.48. The van der Waals surface area contributed by atoms with Crippen molar-refractivity contribution in [1.29, 1.82) is 5.26 Å². The predicted molar refractivity (Wildman–Crippen MR) is 83.6 cm³/mol. The second-order valence-electron chi connectivity index (χ2n) is 4.63. The molecule has 1 fully saturated rings. The van der Waals surface area contributed by atoms with E-state index in [4.69, 9.17) is 16.9 Å². The first-order valence-corrected chi connectivity index (χ1v) is 7.65. The van der Waals surface area contributed by atoms with E-state index >= 15 is 0 Å². The van der Waals surface area contributed by atoms with Gasteiger partial charge in [0.1, 0.15) is 6.04 Å². The molecule has 0 saturated carbocycles. The Kier molecular flexibility index (Phi) is 4.44. The monoisotopic (exact) mass is 316 g/mol. The molecule has 0 aliphatic carbocycles. The van der Waals surface area contributed by atoms with Crippen LogP contribution in [0.25, 0.3) is 0 Å². The molecule has 1 heterocycles. The van der Waals surface area contributed by atoms with E-state index in [1.165, 1.54) is 0 Å². The van der Waals surface area contributed by atoms with Crippen LogP contribution in [0.3, 0.4) is 0 Å². The summed E-state index contributed by atoms with van der Waals surface area (Å²) in [5.41, 5.74) is 9.82. The quantitative estimate of drug-likeness (QED) is 0.812. The molecule has 0 spiro atoms. The van der Waals surface area contributed by atoms with Gasteiger partial charge >= 0.3 is 0 Å². The molecular formula is C15H13ClN4S. The maximum Gasteiger partial charge on any atom is 0.130 e. The van der Waals surface area contributed by atoms with Crippen LogP contribution < -0.4 is 16.4 Å². The van der Waals surface area contributed by atoms with Crippen LogP contribution in [0.5, 0.6) is 0 Å². The summed E-state index contributed by atoms with van der Waals surface area (Å²) >= 11 is 7.56. The molecular weight excluding hydrogens is 304 g/mol. The number of benzene rings is 2. The lowest BCUT2D eigenvalue weighted by Crippen LogP contribution is -2.32. The fourth-order valence-corrected chi connectivity index (χ4v) is 3.17. The van der Waals surface area contributed by atoms with E-state index in [0.717, 1.165) is 20.4 Å². The van der Waals surface area contributed by atoms with Gasteiger partial charge in [0.25, 0.3) is 0 Å². The first kappa shape index (κ1) is 14.4. The van der Waals surface area contributed by atoms with Crippen molar-refractivity contribution in [2.45, 2.75) is 21.9 Å². The van der Waals surface area contributed by atoms with E-state index in [9.17, 15) is 0 Å². The van der Waals surface area contributed by atoms with Crippen LogP contribution in [-0.4, -0.2) is 6.04 Å². The molecule has 3 N–H and O–H groups in total. The summed E-state index contributed by atoms with van der Waals surface area (Å²) in [5.74, 6) is 0. The fourth-order valence-electron chi connectivity index (χ4n) is 2.16. The number of nitriles is 1. The zero-order valence-corrected chi connectivity index (χ0v) is 12.6. The maximum atomic E-state index is 9.12. The summed E-state index contributed by atoms with van der Waals surface area (Å²) in [5, 5.41) is 9.85. The van der Waals surface area contributed by atoms with Crippen molar-refractivity contribution in [3.63, 3.8) is 0 Å². The number of hydrogen-bond acceptors (Lipinski definition) is 5. The van der Waals surface area contributed by atoms with E-state index in [1.807, 2.05) is 36.4 Å². The van der Waals surface area contributed by atoms with Gasteiger partial charge in [0, 0.05) is 14.8 Å². The highest BCUT2D eigenvalue weighted by atomic mass is 35.5. The van der Waals surface area contributed by atoms with Crippen LogP contribution >= 0.6 is 23.4 Å². The van der Waals surface area contributed by atoms with Gasteiger partial charge in [-0.15, -0.1) is 0 Å². The standard InChI is InChI=1S/C15H13ClN4S/c16-11-4-6-12(7-5-11)21-13-3-1-2-10(8-13)15-14(9-17)18-20-19-15/h1-8,14-15,18-20H. The number of nitrogens with one attached hydrogen (secondary N) is 3. The summed E-state index contributed by atoms with van der Waals surface area (Å²) in [4.78, 5) is 2.25. The Morgan fingerprint density at radius 1 is 1.05 bits per heavy atom. The van der Waals surface area contributed by atoms with Crippen LogP contribution in [-0.2, 0) is 0 Å². The summed E-state index contributed by atoms with van der Waals surface area (Å²) in [6.45, 7) is 0. The summed E-state index contributed by atoms with van der Waals surface area (Å²) in [6.07, 6.45) is 0. The van der Waals surface area contributed by atoms with Gasteiger partial charge < -0.3 is 0 Å². The van der Waals surface area contributed by atoms with Crippen molar-refractivity contribution < 1.29 is 0 Å². The molecule has 6 heteroatoms. The molecule has 3 rings (SSSR count). The third-order valence-corrected chi connectivity index (χ3v) is 4.44. The Hall–Kier alpha value is -1.55. The van der Waals surface area contributed by atoms with Gasteiger partial charge in [0.2, 0.25) is 0 Å². The minimum atomic E-state index is -0.291. The first-order valence-electron chi connectivity index (χ1n) is 6.45. The molecule has 1 aliphatic rings. The van der Waals surface area contributed by atoms with E-state index < -0.39 is 0 Å². The van der Waals surface area contributed by atoms with Gasteiger partial charge in [-0.2, -0.15) is 10.8 Å². The molecule has 2 aromatic rings. The minimum Gasteiger partial charge on any atom is -0.234 e. The number of hydrogen-bond donors (Lipinski definition) is 3. The average molecular weight is 317 g/mol. The van der Waals surface area contributed by atoms with Gasteiger partial charge in [-0.3, -0.25) is 0 Å². The number of halogens is 1. The lowest BCUT2D eigenvalue weighted by Gasteiger charge is -2.13. The molecule has 2 unspecified atom stereocenters. The lowest BCUT2D eigenvalue weighted by molar-refractivity contribution is 0.555. The van der Waals surface area contributed by atoms with Crippen LogP contribution in [0.2, 0.25) is 5.02 Å². The SMILES string of the molecule is N#CC1NNNC1c1cccc(Sc2ccc(Cl)cc2)c1. The molecule has 1 aliphatic heterocycles. The molecule has 0 bridgehead atoms. The topological polar surface area (TPSA) is 59.9 Å². The van der Waals surface area contributed by atoms with Crippen molar-refractivity contribution >= 4 is 23.4 Å². The molecule has 1 saturated heterocycles. The van der Waals surface area contributed by atoms with Gasteiger partial charge in [-0.05, 0) is 42.0 Å². The summed E-state index contributed by atoms with van der Waals surface area (Å²) in [6, 6.07) is 17.8. The van der Waals surface area contributed by atoms with Crippen molar-refractivity contribution in [2.75, 3.05) is 0 Å². The van der Waals surface area contributed by atoms with Gasteiger partial charge in [-0.25, -0.2) is 10.9 Å². The van der Waals surface area contributed by atoms with Gasteiger partial charge in [0.15, 0.2) is 0 Å². The van der Waals surface area contributed by atoms with E-state index in [-0.39, 0.29) is 12.1 Å². The highest BCUT2D eigenvalue weighted by Crippen LogP contribution is 2.31. The molecule has 0 aromatic heterocycles. The lowest BCUT2D eigenvalue weighted by atomic mass is 10.0. The fraction of sp³-hybridized carbons (Fsp3) is 0.133. The van der Waals surface area contributed by atoms with Crippen LogP contribution in [0.15, 0.2) is 58.3 Å². The summed E-state index contributed by atoms with van der Waals surface area (Å²) < 4.78 is 0. The predicted octanol–water partition coefficient (Wildman–Crippen LogP) is 3.04. The van der Waals surface area contributed by atoms with E-state index in [0.29, 0.717) is 0 Å². The third kappa shape index (κ3) is 3.38. The third-order valence-electron chi connectivity index (χ3n) is 3.19. The van der Waals surface area contributed by atoms with Crippen LogP contribution in [0.1, 0.15) is 11.6 Å². The molecule has 2 atom stereocenters. The molecule has 0 radical (unpaired) electrons. The second-order valence-corrected chi connectivity index (χ2v) is 6.21. The molecule has 106 valence electrons. The summed E-state index contributed by atoms with van der Waals surface area (Å²) in [7, 11) is 0. The molecule has 4 nitrogen and oxygen atoms in total. The number of hydrazine groups is 2. The zero-order valence-electron chi connectivity index (χ0n) is 11.0. The van der Waals surface area contributed by atoms with Crippen molar-refractivity contribution in [3.05, 3.63) is 59.1 Å².